The molecular formula is C20H20F3N3O3S. The van der Waals surface area contributed by atoms with E-state index in [1.807, 2.05) is 6.07 Å². The lowest BCUT2D eigenvalue weighted by Gasteiger charge is -2.21. The maximum Gasteiger partial charge on any atom is 0.416 e. The first-order valence-corrected chi connectivity index (χ1v) is 11.2. The normalized spacial score (nSPS) is 17.1. The third-order valence-electron chi connectivity index (χ3n) is 5.38. The molecule has 0 atom stereocenters. The standard InChI is InChI=1S/C20H20F3N3O3S/c1-30(28,29)26-9-8-15-12-17(6-7-18(15)26)25-11-10-24(19(25)27)13-14-2-4-16(5-3-14)20(21,22)23/h2-7,12H,8-11,13H2,1H3. The third-order valence-corrected chi connectivity index (χ3v) is 6.56. The summed E-state index contributed by atoms with van der Waals surface area (Å²) < 4.78 is 63.2. The molecule has 2 amide bonds. The van der Waals surface area contributed by atoms with E-state index in [-0.39, 0.29) is 12.6 Å². The second kappa shape index (κ2) is 7.19. The molecule has 2 heterocycles. The Bertz CT molecular complexity index is 1080. The summed E-state index contributed by atoms with van der Waals surface area (Å²) in [6.07, 6.45) is -2.65. The van der Waals surface area contributed by atoms with E-state index in [2.05, 4.69) is 0 Å². The predicted molar refractivity (Wildman–Crippen MR) is 107 cm³/mol. The number of carbonyl (C=O) groups is 1. The monoisotopic (exact) mass is 439 g/mol. The molecule has 160 valence electrons. The van der Waals surface area contributed by atoms with Crippen LogP contribution in [0.1, 0.15) is 16.7 Å². The molecule has 0 unspecified atom stereocenters. The van der Waals surface area contributed by atoms with Gasteiger partial charge in [-0.3, -0.25) is 9.21 Å². The van der Waals surface area contributed by atoms with Crippen LogP contribution in [-0.4, -0.2) is 45.2 Å². The van der Waals surface area contributed by atoms with Crippen LogP contribution < -0.4 is 9.21 Å². The van der Waals surface area contributed by atoms with Crippen molar-refractivity contribution in [2.75, 3.05) is 35.1 Å². The van der Waals surface area contributed by atoms with Gasteiger partial charge in [0, 0.05) is 31.9 Å². The van der Waals surface area contributed by atoms with Crippen molar-refractivity contribution < 1.29 is 26.4 Å². The van der Waals surface area contributed by atoms with Crippen LogP contribution in [0, 0.1) is 0 Å². The maximum atomic E-state index is 12.8. The highest BCUT2D eigenvalue weighted by atomic mass is 32.2. The van der Waals surface area contributed by atoms with Crippen molar-refractivity contribution >= 4 is 27.4 Å². The van der Waals surface area contributed by atoms with E-state index in [4.69, 9.17) is 0 Å². The molecule has 0 saturated carbocycles. The number of nitrogens with zero attached hydrogens (tertiary/aromatic N) is 3. The number of halogens is 3. The summed E-state index contributed by atoms with van der Waals surface area (Å²) in [6, 6.07) is 9.84. The van der Waals surface area contributed by atoms with Crippen molar-refractivity contribution in [3.05, 3.63) is 59.2 Å². The summed E-state index contributed by atoms with van der Waals surface area (Å²) in [6.45, 7) is 1.51. The predicted octanol–water partition coefficient (Wildman–Crippen LogP) is 3.47. The first-order valence-electron chi connectivity index (χ1n) is 9.37. The Hall–Kier alpha value is -2.75. The summed E-state index contributed by atoms with van der Waals surface area (Å²) in [5.74, 6) is 0. The second-order valence-electron chi connectivity index (χ2n) is 7.45. The van der Waals surface area contributed by atoms with Crippen molar-refractivity contribution in [2.24, 2.45) is 0 Å². The van der Waals surface area contributed by atoms with Gasteiger partial charge in [-0.2, -0.15) is 13.2 Å². The minimum absolute atomic E-state index is 0.222. The molecule has 2 aromatic rings. The summed E-state index contributed by atoms with van der Waals surface area (Å²) in [5.41, 5.74) is 2.09. The number of sulfonamides is 1. The van der Waals surface area contributed by atoms with Gasteiger partial charge in [0.25, 0.3) is 0 Å². The topological polar surface area (TPSA) is 60.9 Å². The highest BCUT2D eigenvalue weighted by molar-refractivity contribution is 7.92. The molecule has 1 fully saturated rings. The molecule has 2 aliphatic rings. The number of amides is 2. The zero-order chi connectivity index (χ0) is 21.7. The highest BCUT2D eigenvalue weighted by Crippen LogP contribution is 2.34. The van der Waals surface area contributed by atoms with Gasteiger partial charge in [0.1, 0.15) is 0 Å². The minimum Gasteiger partial charge on any atom is -0.318 e. The quantitative estimate of drug-likeness (QED) is 0.733. The van der Waals surface area contributed by atoms with E-state index >= 15 is 0 Å². The van der Waals surface area contributed by atoms with Gasteiger partial charge < -0.3 is 4.90 Å². The van der Waals surface area contributed by atoms with E-state index in [9.17, 15) is 26.4 Å². The Labute approximate surface area is 172 Å². The van der Waals surface area contributed by atoms with Crippen LogP contribution in [0.2, 0.25) is 0 Å². The van der Waals surface area contributed by atoms with Gasteiger partial charge >= 0.3 is 12.2 Å². The number of urea groups is 1. The number of benzene rings is 2. The van der Waals surface area contributed by atoms with Crippen LogP contribution in [-0.2, 0) is 29.2 Å². The van der Waals surface area contributed by atoms with E-state index in [0.717, 1.165) is 17.7 Å². The molecule has 0 bridgehead atoms. The smallest absolute Gasteiger partial charge is 0.318 e. The summed E-state index contributed by atoms with van der Waals surface area (Å²) in [5, 5.41) is 0. The average Bonchev–Trinajstić information content (AvgIpc) is 3.25. The summed E-state index contributed by atoms with van der Waals surface area (Å²) in [4.78, 5) is 16.0. The Kier molecular flexibility index (Phi) is 4.92. The molecule has 1 saturated heterocycles. The molecule has 0 N–H and O–H groups in total. The van der Waals surface area contributed by atoms with Crippen LogP contribution in [0.3, 0.4) is 0 Å². The molecule has 0 aromatic heterocycles. The molecule has 6 nitrogen and oxygen atoms in total. The molecule has 0 aliphatic carbocycles. The Balaban J connectivity index is 1.48. The largest absolute Gasteiger partial charge is 0.416 e. The van der Waals surface area contributed by atoms with Gasteiger partial charge in [0.2, 0.25) is 10.0 Å². The number of hydrogen-bond acceptors (Lipinski definition) is 3. The lowest BCUT2D eigenvalue weighted by Crippen LogP contribution is -2.31. The van der Waals surface area contributed by atoms with E-state index in [1.54, 1.807) is 21.9 Å². The number of anilines is 2. The Morgan fingerprint density at radius 2 is 1.70 bits per heavy atom. The first-order chi connectivity index (χ1) is 14.0. The van der Waals surface area contributed by atoms with Gasteiger partial charge in [-0.05, 0) is 47.9 Å². The van der Waals surface area contributed by atoms with Crippen molar-refractivity contribution in [3.63, 3.8) is 0 Å². The average molecular weight is 439 g/mol. The second-order valence-corrected chi connectivity index (χ2v) is 9.36. The summed E-state index contributed by atoms with van der Waals surface area (Å²) >= 11 is 0. The maximum absolute atomic E-state index is 12.8. The lowest BCUT2D eigenvalue weighted by atomic mass is 10.1. The van der Waals surface area contributed by atoms with Crippen molar-refractivity contribution in [3.8, 4) is 0 Å². The zero-order valence-electron chi connectivity index (χ0n) is 16.2. The van der Waals surface area contributed by atoms with Crippen LogP contribution in [0.5, 0.6) is 0 Å². The zero-order valence-corrected chi connectivity index (χ0v) is 17.0. The van der Waals surface area contributed by atoms with Crippen LogP contribution >= 0.6 is 0 Å². The number of fused-ring (bicyclic) bond motifs is 1. The van der Waals surface area contributed by atoms with Gasteiger partial charge in [0.15, 0.2) is 0 Å². The first kappa shape index (κ1) is 20.5. The molecular weight excluding hydrogens is 419 g/mol. The molecule has 0 spiro atoms. The number of alkyl halides is 3. The van der Waals surface area contributed by atoms with Crippen LogP contribution in [0.4, 0.5) is 29.3 Å². The van der Waals surface area contributed by atoms with Crippen LogP contribution in [0.15, 0.2) is 42.5 Å². The van der Waals surface area contributed by atoms with Gasteiger partial charge in [-0.15, -0.1) is 0 Å². The number of hydrogen-bond donors (Lipinski definition) is 0. The SMILES string of the molecule is CS(=O)(=O)N1CCc2cc(N3CCN(Cc4ccc(C(F)(F)F)cc4)C3=O)ccc21. The Morgan fingerprint density at radius 1 is 1.00 bits per heavy atom. The third kappa shape index (κ3) is 3.83. The van der Waals surface area contributed by atoms with E-state index in [1.165, 1.54) is 22.7 Å². The highest BCUT2D eigenvalue weighted by Gasteiger charge is 2.33. The molecule has 2 aliphatic heterocycles. The van der Waals surface area contributed by atoms with E-state index in [0.29, 0.717) is 43.0 Å². The van der Waals surface area contributed by atoms with Crippen molar-refractivity contribution in [1.29, 1.82) is 0 Å². The lowest BCUT2D eigenvalue weighted by molar-refractivity contribution is -0.137. The molecule has 10 heteroatoms. The fraction of sp³-hybridized carbons (Fsp3) is 0.350. The Morgan fingerprint density at radius 3 is 2.33 bits per heavy atom. The molecule has 2 aromatic carbocycles. The summed E-state index contributed by atoms with van der Waals surface area (Å²) in [7, 11) is -3.34. The van der Waals surface area contributed by atoms with E-state index < -0.39 is 21.8 Å². The number of rotatable bonds is 4. The fourth-order valence-corrected chi connectivity index (χ4v) is 4.82. The number of carbonyl (C=O) groups excluding carboxylic acids is 1. The van der Waals surface area contributed by atoms with Crippen molar-refractivity contribution in [2.45, 2.75) is 19.1 Å². The minimum atomic E-state index is -4.39. The van der Waals surface area contributed by atoms with Gasteiger partial charge in [-0.25, -0.2) is 13.2 Å². The van der Waals surface area contributed by atoms with Gasteiger partial charge in [-0.1, -0.05) is 12.1 Å². The van der Waals surface area contributed by atoms with Crippen molar-refractivity contribution in [1.82, 2.24) is 4.90 Å². The fourth-order valence-electron chi connectivity index (χ4n) is 3.86. The molecule has 30 heavy (non-hydrogen) atoms. The molecule has 4 rings (SSSR count). The van der Waals surface area contributed by atoms with Crippen LogP contribution in [0.25, 0.3) is 0 Å². The molecule has 0 radical (unpaired) electrons. The van der Waals surface area contributed by atoms with Gasteiger partial charge in [0.05, 0.1) is 17.5 Å².